The van der Waals surface area contributed by atoms with Gasteiger partial charge in [-0.2, -0.15) is 0 Å². The van der Waals surface area contributed by atoms with Gasteiger partial charge in [0, 0.05) is 0 Å². The van der Waals surface area contributed by atoms with Crippen LogP contribution in [0, 0.1) is 0 Å². The average Bonchev–Trinajstić information content (AvgIpc) is 3.18. The molecule has 10 rings (SSSR count). The Bertz CT molecular complexity index is 2810. The van der Waals surface area contributed by atoms with Gasteiger partial charge in [0.1, 0.15) is 0 Å². The van der Waals surface area contributed by atoms with E-state index in [4.69, 9.17) is 0 Å². The van der Waals surface area contributed by atoms with Crippen molar-refractivity contribution in [2.45, 2.75) is 13.3 Å². The highest BCUT2D eigenvalue weighted by atomic mass is 14.2. The quantitative estimate of drug-likeness (QED) is 0.165. The van der Waals surface area contributed by atoms with Crippen molar-refractivity contribution in [3.63, 3.8) is 0 Å². The Hall–Kier alpha value is -6.24. The summed E-state index contributed by atoms with van der Waals surface area (Å²) < 4.78 is 0. The van der Waals surface area contributed by atoms with Crippen molar-refractivity contribution < 1.29 is 0 Å². The van der Waals surface area contributed by atoms with Crippen LogP contribution >= 0.6 is 0 Å². The molecule has 0 nitrogen and oxygen atoms in total. The fourth-order valence-electron chi connectivity index (χ4n) is 8.54. The van der Waals surface area contributed by atoms with E-state index in [0.29, 0.717) is 0 Å². The lowest BCUT2D eigenvalue weighted by Gasteiger charge is -2.22. The summed E-state index contributed by atoms with van der Waals surface area (Å²) in [4.78, 5) is 0. The molecule has 0 saturated carbocycles. The van der Waals surface area contributed by atoms with Crippen molar-refractivity contribution in [3.05, 3.63) is 181 Å². The van der Waals surface area contributed by atoms with Gasteiger partial charge in [-0.15, -0.1) is 0 Å². The molecular weight excluding hydrogens is 601 g/mol. The van der Waals surface area contributed by atoms with Crippen LogP contribution in [0.2, 0.25) is 0 Å². The zero-order chi connectivity index (χ0) is 33.3. The van der Waals surface area contributed by atoms with Crippen LogP contribution in [0.25, 0.3) is 99.2 Å². The van der Waals surface area contributed by atoms with Crippen LogP contribution in [-0.2, 0) is 6.42 Å². The summed E-state index contributed by atoms with van der Waals surface area (Å²) in [5.41, 5.74) is 15.2. The molecule has 0 heterocycles. The highest BCUT2D eigenvalue weighted by Crippen LogP contribution is 2.43. The average molecular weight is 635 g/mol. The summed E-state index contributed by atoms with van der Waals surface area (Å²) in [6, 6.07) is 56.4. The van der Waals surface area contributed by atoms with Gasteiger partial charge in [0.05, 0.1) is 0 Å². The van der Waals surface area contributed by atoms with Gasteiger partial charge in [-0.25, -0.2) is 0 Å². The second kappa shape index (κ2) is 11.2. The highest BCUT2D eigenvalue weighted by Gasteiger charge is 2.19. The van der Waals surface area contributed by atoms with E-state index in [-0.39, 0.29) is 0 Å². The number of hydrogen-bond donors (Lipinski definition) is 0. The molecule has 9 aromatic rings. The lowest BCUT2D eigenvalue weighted by atomic mass is 9.82. The lowest BCUT2D eigenvalue weighted by molar-refractivity contribution is 1.27. The van der Waals surface area contributed by atoms with Crippen molar-refractivity contribution in [2.75, 3.05) is 0 Å². The minimum atomic E-state index is 0.971. The van der Waals surface area contributed by atoms with E-state index in [9.17, 15) is 0 Å². The van der Waals surface area contributed by atoms with Crippen molar-refractivity contribution in [1.82, 2.24) is 0 Å². The molecule has 0 aliphatic heterocycles. The molecule has 0 amide bonds. The van der Waals surface area contributed by atoms with Gasteiger partial charge < -0.3 is 0 Å². The molecular formula is C50H34. The smallest absolute Gasteiger partial charge is 0.00206 e. The Morgan fingerprint density at radius 2 is 1.00 bits per heavy atom. The second-order valence-corrected chi connectivity index (χ2v) is 13.7. The van der Waals surface area contributed by atoms with Gasteiger partial charge in [-0.3, -0.25) is 0 Å². The second-order valence-electron chi connectivity index (χ2n) is 13.7. The van der Waals surface area contributed by atoms with Crippen LogP contribution in [0.5, 0.6) is 0 Å². The van der Waals surface area contributed by atoms with Crippen molar-refractivity contribution in [3.8, 4) is 44.5 Å². The molecule has 50 heavy (non-hydrogen) atoms. The third-order valence-electron chi connectivity index (χ3n) is 11.0. The van der Waals surface area contributed by atoms with E-state index in [0.717, 1.165) is 6.42 Å². The SMILES string of the molecule is C=Cc1ccc2c(-c3ccccc3-c3ccc(-c4ccc(-c5ccc6ccc7cccc8ccc5c6c78)cc4)cc3)ccc3c2c1C(C)=CC3. The van der Waals surface area contributed by atoms with Gasteiger partial charge >= 0.3 is 0 Å². The van der Waals surface area contributed by atoms with Crippen LogP contribution in [-0.4, -0.2) is 0 Å². The lowest BCUT2D eigenvalue weighted by Crippen LogP contribution is -2.00. The molecule has 0 spiro atoms. The first-order valence-corrected chi connectivity index (χ1v) is 17.5. The molecule has 0 fully saturated rings. The highest BCUT2D eigenvalue weighted by molar-refractivity contribution is 6.25. The number of benzene rings is 9. The van der Waals surface area contributed by atoms with Crippen LogP contribution in [0.4, 0.5) is 0 Å². The van der Waals surface area contributed by atoms with E-state index < -0.39 is 0 Å². The maximum atomic E-state index is 4.11. The Labute approximate surface area is 292 Å². The summed E-state index contributed by atoms with van der Waals surface area (Å²) in [7, 11) is 0. The maximum Gasteiger partial charge on any atom is -0.00206 e. The van der Waals surface area contributed by atoms with Gasteiger partial charge in [0.15, 0.2) is 0 Å². The molecule has 1 aliphatic carbocycles. The molecule has 9 aromatic carbocycles. The number of allylic oxidation sites excluding steroid dienone is 2. The molecule has 0 N–H and O–H groups in total. The first kappa shape index (κ1) is 28.7. The summed E-state index contributed by atoms with van der Waals surface area (Å²) >= 11 is 0. The van der Waals surface area contributed by atoms with Crippen molar-refractivity contribution in [2.24, 2.45) is 0 Å². The zero-order valence-electron chi connectivity index (χ0n) is 28.0. The van der Waals surface area contributed by atoms with E-state index >= 15 is 0 Å². The molecule has 0 radical (unpaired) electrons. The van der Waals surface area contributed by atoms with E-state index in [1.165, 1.54) is 110 Å². The maximum absolute atomic E-state index is 4.11. The zero-order valence-corrected chi connectivity index (χ0v) is 28.0. The Morgan fingerprint density at radius 3 is 1.72 bits per heavy atom. The Kier molecular flexibility index (Phi) is 6.41. The van der Waals surface area contributed by atoms with Gasteiger partial charge in [-0.1, -0.05) is 170 Å². The molecule has 234 valence electrons. The fourth-order valence-corrected chi connectivity index (χ4v) is 8.54. The van der Waals surface area contributed by atoms with Crippen molar-refractivity contribution in [1.29, 1.82) is 0 Å². The molecule has 0 heteroatoms. The van der Waals surface area contributed by atoms with Crippen LogP contribution in [0.15, 0.2) is 164 Å². The normalized spacial score (nSPS) is 12.6. The fraction of sp³-hybridized carbons (Fsp3) is 0.0400. The summed E-state index contributed by atoms with van der Waals surface area (Å²) in [6.45, 7) is 6.34. The standard InChI is InChI=1S/C50H34/c1-3-32-23-29-46-44(28-25-39-12-11-31(2)47(32)49(39)46)43-10-5-4-9-41(43)35-17-13-33(14-18-35)34-15-19-36(20-16-34)42-27-24-40-22-21-37-7-6-8-38-26-30-45(42)50(40)48(37)38/h3-11,13-30H,1,12H2,2H3. The molecule has 0 saturated heterocycles. The minimum absolute atomic E-state index is 0.971. The van der Waals surface area contributed by atoms with Crippen LogP contribution in [0.3, 0.4) is 0 Å². The third kappa shape index (κ3) is 4.32. The largest absolute Gasteiger partial charge is 0.0984 e. The molecule has 0 unspecified atom stereocenters. The minimum Gasteiger partial charge on any atom is -0.0984 e. The Balaban J connectivity index is 1.01. The van der Waals surface area contributed by atoms with Crippen LogP contribution < -0.4 is 0 Å². The summed E-state index contributed by atoms with van der Waals surface area (Å²) in [5, 5.41) is 10.6. The monoisotopic (exact) mass is 634 g/mol. The van der Waals surface area contributed by atoms with Gasteiger partial charge in [0.2, 0.25) is 0 Å². The van der Waals surface area contributed by atoms with Crippen molar-refractivity contribution >= 4 is 54.7 Å². The topological polar surface area (TPSA) is 0 Å². The predicted molar refractivity (Wildman–Crippen MR) is 217 cm³/mol. The molecule has 1 aliphatic rings. The van der Waals surface area contributed by atoms with E-state index in [2.05, 4.69) is 171 Å². The van der Waals surface area contributed by atoms with Gasteiger partial charge in [0.25, 0.3) is 0 Å². The first-order valence-electron chi connectivity index (χ1n) is 17.5. The Morgan fingerprint density at radius 1 is 0.440 bits per heavy atom. The van der Waals surface area contributed by atoms with E-state index in [1.54, 1.807) is 0 Å². The number of rotatable bonds is 5. The third-order valence-corrected chi connectivity index (χ3v) is 11.0. The molecule has 0 bridgehead atoms. The predicted octanol–water partition coefficient (Wildman–Crippen LogP) is 14.0. The molecule has 0 aromatic heterocycles. The number of hydrogen-bond acceptors (Lipinski definition) is 0. The molecule has 0 atom stereocenters. The first-order chi connectivity index (χ1) is 24.7. The van der Waals surface area contributed by atoms with Gasteiger partial charge in [-0.05, 0) is 123 Å². The summed E-state index contributed by atoms with van der Waals surface area (Å²) in [5.74, 6) is 0. The van der Waals surface area contributed by atoms with Crippen LogP contribution in [0.1, 0.15) is 23.6 Å². The van der Waals surface area contributed by atoms with E-state index in [1.807, 2.05) is 6.08 Å². The summed E-state index contributed by atoms with van der Waals surface area (Å²) in [6.07, 6.45) is 5.31.